The number of benzene rings is 3. The summed E-state index contributed by atoms with van der Waals surface area (Å²) in [6.45, 7) is 2.14. The summed E-state index contributed by atoms with van der Waals surface area (Å²) in [5.41, 5.74) is 7.30. The van der Waals surface area contributed by atoms with Crippen molar-refractivity contribution in [2.24, 2.45) is 7.05 Å². The molecule has 0 N–H and O–H groups in total. The van der Waals surface area contributed by atoms with Gasteiger partial charge in [0.15, 0.2) is 0 Å². The van der Waals surface area contributed by atoms with Crippen LogP contribution in [0.25, 0.3) is 33.6 Å². The summed E-state index contributed by atoms with van der Waals surface area (Å²) < 4.78 is 2.06. The van der Waals surface area contributed by atoms with E-state index >= 15 is 0 Å². The fourth-order valence-electron chi connectivity index (χ4n) is 3.34. The van der Waals surface area contributed by atoms with Crippen LogP contribution in [0.15, 0.2) is 91.3 Å². The van der Waals surface area contributed by atoms with E-state index in [4.69, 9.17) is 0 Å². The standard InChI is InChI=1S/C24H21N2/c1-18-13-14-20(17-23(18)24-25-15-8-16-26(24)2)22-12-7-6-11-21(22)19-9-4-3-5-10-19/h3-17H,1-2H3/q+1. The molecule has 0 aliphatic carbocycles. The molecule has 126 valence electrons. The molecule has 3 aromatic carbocycles. The second-order valence-electron chi connectivity index (χ2n) is 6.50. The summed E-state index contributed by atoms with van der Waals surface area (Å²) in [5.74, 6) is 0.976. The number of aromatic nitrogens is 2. The Kier molecular flexibility index (Phi) is 4.32. The number of hydrogen-bond donors (Lipinski definition) is 0. The van der Waals surface area contributed by atoms with Crippen LogP contribution >= 0.6 is 0 Å². The molecule has 0 saturated heterocycles. The Morgan fingerprint density at radius 1 is 0.692 bits per heavy atom. The van der Waals surface area contributed by atoms with Gasteiger partial charge in [-0.3, -0.25) is 0 Å². The number of hydrogen-bond acceptors (Lipinski definition) is 1. The third-order valence-corrected chi connectivity index (χ3v) is 4.73. The fourth-order valence-corrected chi connectivity index (χ4v) is 3.34. The van der Waals surface area contributed by atoms with E-state index in [-0.39, 0.29) is 0 Å². The van der Waals surface area contributed by atoms with E-state index in [9.17, 15) is 0 Å². The van der Waals surface area contributed by atoms with E-state index < -0.39 is 0 Å². The van der Waals surface area contributed by atoms with Gasteiger partial charge in [-0.15, -0.1) is 0 Å². The lowest BCUT2D eigenvalue weighted by molar-refractivity contribution is -0.663. The maximum absolute atomic E-state index is 4.59. The normalized spacial score (nSPS) is 10.7. The molecule has 0 saturated carbocycles. The second kappa shape index (κ2) is 6.93. The van der Waals surface area contributed by atoms with Gasteiger partial charge in [0.25, 0.3) is 0 Å². The molecule has 0 aliphatic rings. The predicted molar refractivity (Wildman–Crippen MR) is 106 cm³/mol. The van der Waals surface area contributed by atoms with Gasteiger partial charge in [0.1, 0.15) is 6.20 Å². The van der Waals surface area contributed by atoms with Gasteiger partial charge in [0, 0.05) is 6.07 Å². The minimum atomic E-state index is 0.976. The molecule has 1 aromatic heterocycles. The molecule has 0 bridgehead atoms. The first-order chi connectivity index (χ1) is 12.7. The van der Waals surface area contributed by atoms with Gasteiger partial charge in [-0.2, -0.15) is 0 Å². The summed E-state index contributed by atoms with van der Waals surface area (Å²) in [6, 6.07) is 27.7. The van der Waals surface area contributed by atoms with Crippen molar-refractivity contribution in [3.63, 3.8) is 0 Å². The summed E-state index contributed by atoms with van der Waals surface area (Å²) in [5, 5.41) is 0. The Hall–Kier alpha value is -3.26. The summed E-state index contributed by atoms with van der Waals surface area (Å²) in [7, 11) is 2.03. The Balaban J connectivity index is 1.89. The SMILES string of the molecule is Cc1ccc(-c2ccccc2-c2ccccc2)cc1-c1nccc[n+]1C. The molecule has 0 spiro atoms. The third kappa shape index (κ3) is 3.02. The largest absolute Gasteiger partial charge is 0.330 e. The molecule has 4 aromatic rings. The molecular weight excluding hydrogens is 316 g/mol. The molecule has 4 rings (SSSR count). The Morgan fingerprint density at radius 3 is 2.12 bits per heavy atom. The van der Waals surface area contributed by atoms with Gasteiger partial charge in [-0.05, 0) is 45.8 Å². The minimum absolute atomic E-state index is 0.976. The van der Waals surface area contributed by atoms with Crippen LogP contribution in [0.4, 0.5) is 0 Å². The molecule has 26 heavy (non-hydrogen) atoms. The first-order valence-corrected chi connectivity index (χ1v) is 8.80. The Bertz CT molecular complexity index is 1050. The Morgan fingerprint density at radius 2 is 1.38 bits per heavy atom. The second-order valence-corrected chi connectivity index (χ2v) is 6.50. The summed E-state index contributed by atoms with van der Waals surface area (Å²) >= 11 is 0. The van der Waals surface area contributed by atoms with Crippen LogP contribution < -0.4 is 4.57 Å². The fraction of sp³-hybridized carbons (Fsp3) is 0.0833. The van der Waals surface area contributed by atoms with Gasteiger partial charge < -0.3 is 0 Å². The maximum atomic E-state index is 4.59. The predicted octanol–water partition coefficient (Wildman–Crippen LogP) is 5.22. The molecule has 0 amide bonds. The molecule has 2 nitrogen and oxygen atoms in total. The van der Waals surface area contributed by atoms with Crippen LogP contribution in [0.2, 0.25) is 0 Å². The summed E-state index contributed by atoms with van der Waals surface area (Å²) in [6.07, 6.45) is 3.88. The van der Waals surface area contributed by atoms with Gasteiger partial charge in [0.2, 0.25) is 0 Å². The van der Waals surface area contributed by atoms with Crippen molar-refractivity contribution >= 4 is 0 Å². The average Bonchev–Trinajstić information content (AvgIpc) is 2.70. The van der Waals surface area contributed by atoms with Crippen molar-refractivity contribution in [1.82, 2.24) is 4.98 Å². The lowest BCUT2D eigenvalue weighted by Gasteiger charge is -2.12. The quantitative estimate of drug-likeness (QED) is 0.469. The zero-order chi connectivity index (χ0) is 17.9. The molecule has 0 atom stereocenters. The van der Waals surface area contributed by atoms with Gasteiger partial charge in [-0.25, -0.2) is 4.57 Å². The number of nitrogens with zero attached hydrogens (tertiary/aromatic N) is 2. The van der Waals surface area contributed by atoms with Crippen molar-refractivity contribution in [3.05, 3.63) is 96.8 Å². The molecule has 0 aliphatic heterocycles. The van der Waals surface area contributed by atoms with E-state index in [1.807, 2.05) is 25.5 Å². The topological polar surface area (TPSA) is 16.8 Å². The van der Waals surface area contributed by atoms with Crippen molar-refractivity contribution < 1.29 is 4.57 Å². The maximum Gasteiger partial charge on any atom is 0.330 e. The van der Waals surface area contributed by atoms with E-state index in [0.717, 1.165) is 11.4 Å². The van der Waals surface area contributed by atoms with Crippen LogP contribution in [0.5, 0.6) is 0 Å². The first kappa shape index (κ1) is 16.2. The third-order valence-electron chi connectivity index (χ3n) is 4.73. The average molecular weight is 337 g/mol. The molecule has 0 fully saturated rings. The highest BCUT2D eigenvalue weighted by Gasteiger charge is 2.16. The van der Waals surface area contributed by atoms with Crippen LogP contribution in [0.3, 0.4) is 0 Å². The van der Waals surface area contributed by atoms with Crippen molar-refractivity contribution in [2.45, 2.75) is 6.92 Å². The van der Waals surface area contributed by atoms with E-state index in [1.54, 1.807) is 0 Å². The van der Waals surface area contributed by atoms with Crippen LogP contribution in [-0.4, -0.2) is 4.98 Å². The van der Waals surface area contributed by atoms with Gasteiger partial charge in [-0.1, -0.05) is 66.7 Å². The molecule has 2 heteroatoms. The van der Waals surface area contributed by atoms with Crippen LogP contribution in [0.1, 0.15) is 5.56 Å². The zero-order valence-electron chi connectivity index (χ0n) is 15.1. The monoisotopic (exact) mass is 337 g/mol. The van der Waals surface area contributed by atoms with Crippen LogP contribution in [0, 0.1) is 6.92 Å². The highest BCUT2D eigenvalue weighted by atomic mass is 15.0. The van der Waals surface area contributed by atoms with Crippen molar-refractivity contribution in [1.29, 1.82) is 0 Å². The Labute approximate surface area is 154 Å². The number of aryl methyl sites for hydroxylation is 2. The lowest BCUT2D eigenvalue weighted by Crippen LogP contribution is -2.31. The van der Waals surface area contributed by atoms with Crippen LogP contribution in [-0.2, 0) is 7.05 Å². The number of rotatable bonds is 3. The molecule has 0 radical (unpaired) electrons. The molecule has 1 heterocycles. The zero-order valence-corrected chi connectivity index (χ0v) is 15.1. The van der Waals surface area contributed by atoms with E-state index in [1.165, 1.54) is 27.8 Å². The van der Waals surface area contributed by atoms with Gasteiger partial charge in [0.05, 0.1) is 18.8 Å². The first-order valence-electron chi connectivity index (χ1n) is 8.80. The lowest BCUT2D eigenvalue weighted by atomic mass is 9.92. The van der Waals surface area contributed by atoms with Crippen molar-refractivity contribution in [3.8, 4) is 33.6 Å². The van der Waals surface area contributed by atoms with E-state index in [0.29, 0.717) is 0 Å². The molecular formula is C24H21N2+. The minimum Gasteiger partial charge on any atom is -0.233 e. The summed E-state index contributed by atoms with van der Waals surface area (Å²) in [4.78, 5) is 4.59. The van der Waals surface area contributed by atoms with Crippen molar-refractivity contribution in [2.75, 3.05) is 0 Å². The van der Waals surface area contributed by atoms with E-state index in [2.05, 4.69) is 89.3 Å². The smallest absolute Gasteiger partial charge is 0.233 e. The molecule has 0 unspecified atom stereocenters. The highest BCUT2D eigenvalue weighted by Crippen LogP contribution is 2.34. The highest BCUT2D eigenvalue weighted by molar-refractivity contribution is 5.85. The van der Waals surface area contributed by atoms with Gasteiger partial charge >= 0.3 is 5.82 Å².